The second-order valence-electron chi connectivity index (χ2n) is 12.3. The SMILES string of the molecule is Cc1cc(C(C)(C)C)c2c(c1C)c1c3c(cc[n+]1C)cc([Si](C)(C)C)c1c4ccccc4n2c13. The number of hydrogen-bond donors (Lipinski definition) is 0. The van der Waals surface area contributed by atoms with Gasteiger partial charge in [0.1, 0.15) is 7.05 Å². The van der Waals surface area contributed by atoms with Gasteiger partial charge in [-0.15, -0.1) is 0 Å². The smallest absolute Gasteiger partial charge is 0.224 e. The van der Waals surface area contributed by atoms with E-state index in [1.54, 1.807) is 5.19 Å². The lowest BCUT2D eigenvalue weighted by Crippen LogP contribution is -2.38. The highest BCUT2D eigenvalue weighted by Crippen LogP contribution is 2.44. The Kier molecular flexibility index (Phi) is 4.20. The molecule has 34 heavy (non-hydrogen) atoms. The third-order valence-electron chi connectivity index (χ3n) is 7.93. The fourth-order valence-electron chi connectivity index (χ4n) is 6.13. The van der Waals surface area contributed by atoms with Gasteiger partial charge in [-0.2, -0.15) is 0 Å². The van der Waals surface area contributed by atoms with Crippen LogP contribution in [0.5, 0.6) is 0 Å². The first-order valence-corrected chi connectivity index (χ1v) is 16.0. The predicted molar refractivity (Wildman–Crippen MR) is 151 cm³/mol. The molecule has 6 aromatic rings. The number of hydrogen-bond acceptors (Lipinski definition) is 0. The third kappa shape index (κ3) is 2.65. The standard InChI is InChI=1S/C31H35N2Si/c1-18-16-22(31(3,4)5)28-25(19(18)2)29-26-20(14-15-32(29)6)17-24(34(7,8)9)27-21-12-10-11-13-23(21)33(28)30(26)27/h10-17H,1-9H3/q+1. The lowest BCUT2D eigenvalue weighted by atomic mass is 9.82. The van der Waals surface area contributed by atoms with Gasteiger partial charge in [-0.25, -0.2) is 4.57 Å². The maximum Gasteiger partial charge on any atom is 0.224 e. The van der Waals surface area contributed by atoms with Crippen molar-refractivity contribution >= 4 is 62.3 Å². The van der Waals surface area contributed by atoms with Gasteiger partial charge in [-0.1, -0.05) is 70.7 Å². The van der Waals surface area contributed by atoms with Crippen LogP contribution in [-0.4, -0.2) is 12.5 Å². The van der Waals surface area contributed by atoms with Crippen LogP contribution >= 0.6 is 0 Å². The monoisotopic (exact) mass is 463 g/mol. The van der Waals surface area contributed by atoms with Crippen LogP contribution in [0, 0.1) is 13.8 Å². The number of aryl methyl sites for hydroxylation is 3. The fourth-order valence-corrected chi connectivity index (χ4v) is 7.72. The van der Waals surface area contributed by atoms with E-state index in [4.69, 9.17) is 0 Å². The summed E-state index contributed by atoms with van der Waals surface area (Å²) >= 11 is 0. The van der Waals surface area contributed by atoms with E-state index < -0.39 is 8.07 Å². The molecular weight excluding hydrogens is 428 g/mol. The van der Waals surface area contributed by atoms with Crippen LogP contribution in [-0.2, 0) is 12.5 Å². The Morgan fingerprint density at radius 2 is 1.56 bits per heavy atom. The average Bonchev–Trinajstić information content (AvgIpc) is 3.10. The van der Waals surface area contributed by atoms with Gasteiger partial charge in [0, 0.05) is 16.8 Å². The molecule has 0 unspecified atom stereocenters. The molecule has 0 bridgehead atoms. The molecule has 0 saturated heterocycles. The van der Waals surface area contributed by atoms with E-state index in [1.165, 1.54) is 65.7 Å². The molecule has 0 spiro atoms. The first kappa shape index (κ1) is 21.6. The van der Waals surface area contributed by atoms with Crippen molar-refractivity contribution in [3.63, 3.8) is 0 Å². The van der Waals surface area contributed by atoms with E-state index in [0.717, 1.165) is 0 Å². The molecule has 3 heteroatoms. The summed E-state index contributed by atoms with van der Waals surface area (Å²) in [5.74, 6) is 0. The van der Waals surface area contributed by atoms with Crippen LogP contribution in [0.4, 0.5) is 0 Å². The topological polar surface area (TPSA) is 8.29 Å². The number of aromatic nitrogens is 2. The molecule has 3 heterocycles. The Morgan fingerprint density at radius 3 is 2.24 bits per heavy atom. The molecule has 0 amide bonds. The molecule has 0 fully saturated rings. The van der Waals surface area contributed by atoms with Crippen molar-refractivity contribution in [1.82, 2.24) is 4.40 Å². The number of benzene rings is 3. The van der Waals surface area contributed by atoms with Crippen LogP contribution < -0.4 is 9.75 Å². The van der Waals surface area contributed by atoms with E-state index >= 15 is 0 Å². The van der Waals surface area contributed by atoms with E-state index in [-0.39, 0.29) is 5.41 Å². The average molecular weight is 464 g/mol. The molecule has 2 nitrogen and oxygen atoms in total. The number of para-hydroxylation sites is 1. The van der Waals surface area contributed by atoms with Crippen molar-refractivity contribution < 1.29 is 4.57 Å². The summed E-state index contributed by atoms with van der Waals surface area (Å²) in [5.41, 5.74) is 9.69. The largest absolute Gasteiger partial charge is 0.307 e. The highest BCUT2D eigenvalue weighted by molar-refractivity contribution is 6.91. The number of fused-ring (bicyclic) bond motifs is 6. The van der Waals surface area contributed by atoms with Gasteiger partial charge in [-0.05, 0) is 52.6 Å². The van der Waals surface area contributed by atoms with Crippen molar-refractivity contribution in [3.8, 4) is 0 Å². The van der Waals surface area contributed by atoms with Gasteiger partial charge in [0.25, 0.3) is 0 Å². The summed E-state index contributed by atoms with van der Waals surface area (Å²) in [7, 11) is 0.608. The molecule has 0 aliphatic carbocycles. The molecule has 172 valence electrons. The van der Waals surface area contributed by atoms with E-state index in [0.29, 0.717) is 0 Å². The lowest BCUT2D eigenvalue weighted by Gasteiger charge is -2.26. The Bertz CT molecular complexity index is 1790. The molecule has 3 aromatic carbocycles. The van der Waals surface area contributed by atoms with Gasteiger partial charge < -0.3 is 4.40 Å². The van der Waals surface area contributed by atoms with Gasteiger partial charge in [-0.3, -0.25) is 0 Å². The van der Waals surface area contributed by atoms with Crippen molar-refractivity contribution in [2.24, 2.45) is 7.05 Å². The molecule has 0 N–H and O–H groups in total. The zero-order chi connectivity index (χ0) is 24.3. The summed E-state index contributed by atoms with van der Waals surface area (Å²) in [6.07, 6.45) is 2.26. The van der Waals surface area contributed by atoms with Crippen LogP contribution in [0.15, 0.2) is 48.7 Å². The molecular formula is C31H35N2Si+. The van der Waals surface area contributed by atoms with Crippen molar-refractivity contribution in [1.29, 1.82) is 0 Å². The maximum absolute atomic E-state index is 2.63. The van der Waals surface area contributed by atoms with Gasteiger partial charge >= 0.3 is 0 Å². The number of nitrogens with zero attached hydrogens (tertiary/aromatic N) is 2. The van der Waals surface area contributed by atoms with Crippen LogP contribution in [0.1, 0.15) is 37.5 Å². The Balaban J connectivity index is 2.14. The molecule has 0 aliphatic rings. The maximum atomic E-state index is 2.63. The minimum absolute atomic E-state index is 0.0284. The molecule has 3 aromatic heterocycles. The summed E-state index contributed by atoms with van der Waals surface area (Å²) in [6.45, 7) is 19.1. The Hall–Kier alpha value is -2.91. The van der Waals surface area contributed by atoms with E-state index in [1.807, 2.05) is 0 Å². The summed E-state index contributed by atoms with van der Waals surface area (Å²) < 4.78 is 4.99. The fraction of sp³-hybridized carbons (Fsp3) is 0.323. The highest BCUT2D eigenvalue weighted by atomic mass is 28.3. The zero-order valence-electron chi connectivity index (χ0n) is 22.0. The first-order valence-electron chi connectivity index (χ1n) is 12.5. The predicted octanol–water partition coefficient (Wildman–Crippen LogP) is 7.27. The summed E-state index contributed by atoms with van der Waals surface area (Å²) in [5, 5.41) is 8.59. The van der Waals surface area contributed by atoms with Gasteiger partial charge in [0.2, 0.25) is 5.52 Å². The minimum atomic E-state index is -1.61. The van der Waals surface area contributed by atoms with Crippen molar-refractivity contribution in [2.45, 2.75) is 59.7 Å². The normalized spacial score (nSPS) is 13.4. The van der Waals surface area contributed by atoms with E-state index in [2.05, 4.69) is 119 Å². The summed E-state index contributed by atoms with van der Waals surface area (Å²) in [6, 6.07) is 16.4. The quantitative estimate of drug-likeness (QED) is 0.105. The molecule has 0 atom stereocenters. The van der Waals surface area contributed by atoms with E-state index in [9.17, 15) is 0 Å². The van der Waals surface area contributed by atoms with Crippen LogP contribution in [0.25, 0.3) is 49.0 Å². The Morgan fingerprint density at radius 1 is 0.853 bits per heavy atom. The molecule has 6 rings (SSSR count). The van der Waals surface area contributed by atoms with Crippen molar-refractivity contribution in [3.05, 3.63) is 65.4 Å². The molecule has 0 radical (unpaired) electrons. The Labute approximate surface area is 203 Å². The van der Waals surface area contributed by atoms with Crippen LogP contribution in [0.2, 0.25) is 19.6 Å². The number of pyridine rings is 2. The first-order chi connectivity index (χ1) is 15.9. The van der Waals surface area contributed by atoms with Gasteiger partial charge in [0.05, 0.1) is 35.4 Å². The second-order valence-corrected chi connectivity index (χ2v) is 17.4. The zero-order valence-corrected chi connectivity index (χ0v) is 23.0. The number of rotatable bonds is 1. The lowest BCUT2D eigenvalue weighted by molar-refractivity contribution is -0.643. The molecule has 0 aliphatic heterocycles. The molecule has 0 saturated carbocycles. The van der Waals surface area contributed by atoms with Crippen molar-refractivity contribution in [2.75, 3.05) is 0 Å². The third-order valence-corrected chi connectivity index (χ3v) is 9.94. The second kappa shape index (κ2) is 6.60. The summed E-state index contributed by atoms with van der Waals surface area (Å²) in [4.78, 5) is 0. The van der Waals surface area contributed by atoms with Gasteiger partial charge in [0.15, 0.2) is 6.20 Å². The minimum Gasteiger partial charge on any atom is -0.307 e. The van der Waals surface area contributed by atoms with Crippen LogP contribution in [0.3, 0.4) is 0 Å². The highest BCUT2D eigenvalue weighted by Gasteiger charge is 2.32.